The Morgan fingerprint density at radius 1 is 1.20 bits per heavy atom. The number of benzene rings is 1. The lowest BCUT2D eigenvalue weighted by atomic mass is 9.82. The minimum Gasteiger partial charge on any atom is -0.393 e. The van der Waals surface area contributed by atoms with Crippen LogP contribution in [0.2, 0.25) is 0 Å². The maximum Gasteiger partial charge on any atom is 0.0515 e. The van der Waals surface area contributed by atoms with Crippen molar-refractivity contribution in [3.63, 3.8) is 0 Å². The second-order valence-corrected chi connectivity index (χ2v) is 5.29. The molecule has 0 aromatic heterocycles. The number of aryl methyl sites for hydroxylation is 1. The van der Waals surface area contributed by atoms with Gasteiger partial charge in [-0.1, -0.05) is 45.0 Å². The Labute approximate surface area is 93.1 Å². The van der Waals surface area contributed by atoms with Crippen LogP contribution in [-0.4, -0.2) is 11.2 Å². The maximum atomic E-state index is 9.31. The summed E-state index contributed by atoms with van der Waals surface area (Å²) in [5.74, 6) is 0. The molecule has 0 unspecified atom stereocenters. The molecule has 0 aliphatic heterocycles. The Kier molecular flexibility index (Phi) is 3.92. The quantitative estimate of drug-likeness (QED) is 0.804. The zero-order valence-electron chi connectivity index (χ0n) is 10.2. The van der Waals surface area contributed by atoms with Crippen molar-refractivity contribution in [2.75, 3.05) is 0 Å². The molecule has 0 radical (unpaired) electrons. The summed E-state index contributed by atoms with van der Waals surface area (Å²) < 4.78 is 0. The minimum absolute atomic E-state index is 0.190. The predicted molar refractivity (Wildman–Crippen MR) is 65.1 cm³/mol. The van der Waals surface area contributed by atoms with Gasteiger partial charge in [0, 0.05) is 0 Å². The molecule has 0 fully saturated rings. The Bertz CT molecular complexity index is 307. The van der Waals surface area contributed by atoms with E-state index in [4.69, 9.17) is 0 Å². The number of aliphatic hydroxyl groups is 1. The first kappa shape index (κ1) is 12.3. The van der Waals surface area contributed by atoms with Crippen LogP contribution in [0.4, 0.5) is 0 Å². The normalized spacial score (nSPS) is 13.9. The highest BCUT2D eigenvalue weighted by atomic mass is 16.3. The summed E-state index contributed by atoms with van der Waals surface area (Å²) in [7, 11) is 0. The van der Waals surface area contributed by atoms with Crippen LogP contribution in [0.5, 0.6) is 0 Å². The largest absolute Gasteiger partial charge is 0.393 e. The first-order chi connectivity index (χ1) is 6.91. The van der Waals surface area contributed by atoms with Gasteiger partial charge < -0.3 is 5.11 Å². The third kappa shape index (κ3) is 3.67. The molecule has 0 bridgehead atoms. The third-order valence-electron chi connectivity index (χ3n) is 2.66. The Hall–Kier alpha value is -0.820. The van der Waals surface area contributed by atoms with E-state index in [1.54, 1.807) is 0 Å². The summed E-state index contributed by atoms with van der Waals surface area (Å²) in [5.41, 5.74) is 2.95. The van der Waals surface area contributed by atoms with Crippen LogP contribution < -0.4 is 0 Å². The number of rotatable bonds is 3. The molecule has 1 atom stereocenters. The van der Waals surface area contributed by atoms with Gasteiger partial charge in [-0.3, -0.25) is 0 Å². The SMILES string of the molecule is C[C@@H](O)CCc1ccccc1C(C)(C)C. The molecule has 1 rings (SSSR count). The van der Waals surface area contributed by atoms with Gasteiger partial charge in [-0.2, -0.15) is 0 Å². The van der Waals surface area contributed by atoms with Crippen molar-refractivity contribution in [1.29, 1.82) is 0 Å². The second kappa shape index (κ2) is 4.80. The van der Waals surface area contributed by atoms with Crippen molar-refractivity contribution < 1.29 is 5.11 Å². The van der Waals surface area contributed by atoms with Crippen LogP contribution in [0.15, 0.2) is 24.3 Å². The van der Waals surface area contributed by atoms with Gasteiger partial charge in [-0.15, -0.1) is 0 Å². The molecule has 1 aromatic rings. The number of hydrogen-bond donors (Lipinski definition) is 1. The van der Waals surface area contributed by atoms with E-state index >= 15 is 0 Å². The topological polar surface area (TPSA) is 20.2 Å². The molecule has 0 aliphatic rings. The molecule has 0 heterocycles. The van der Waals surface area contributed by atoms with Gasteiger partial charge in [-0.05, 0) is 36.3 Å². The molecule has 1 aromatic carbocycles. The standard InChI is InChI=1S/C14H22O/c1-11(15)9-10-12-7-5-6-8-13(12)14(2,3)4/h5-8,11,15H,9-10H2,1-4H3/t11-/m1/s1. The summed E-state index contributed by atoms with van der Waals surface area (Å²) in [6.07, 6.45) is 1.59. The number of hydrogen-bond acceptors (Lipinski definition) is 1. The lowest BCUT2D eigenvalue weighted by molar-refractivity contribution is 0.184. The van der Waals surface area contributed by atoms with Crippen molar-refractivity contribution in [3.8, 4) is 0 Å². The van der Waals surface area contributed by atoms with Crippen LogP contribution in [0.3, 0.4) is 0 Å². The first-order valence-electron chi connectivity index (χ1n) is 5.67. The zero-order valence-corrected chi connectivity index (χ0v) is 10.2. The highest BCUT2D eigenvalue weighted by molar-refractivity contribution is 5.32. The van der Waals surface area contributed by atoms with Gasteiger partial charge in [0.05, 0.1) is 6.10 Å². The van der Waals surface area contributed by atoms with Crippen molar-refractivity contribution >= 4 is 0 Å². The fourth-order valence-corrected chi connectivity index (χ4v) is 1.83. The Balaban J connectivity index is 2.87. The van der Waals surface area contributed by atoms with Crippen LogP contribution in [0.1, 0.15) is 45.2 Å². The summed E-state index contributed by atoms with van der Waals surface area (Å²) in [6, 6.07) is 8.53. The summed E-state index contributed by atoms with van der Waals surface area (Å²) in [5, 5.41) is 9.31. The van der Waals surface area contributed by atoms with E-state index in [2.05, 4.69) is 45.0 Å². The average molecular weight is 206 g/mol. The van der Waals surface area contributed by atoms with Crippen LogP contribution in [0.25, 0.3) is 0 Å². The van der Waals surface area contributed by atoms with Gasteiger partial charge >= 0.3 is 0 Å². The molecular weight excluding hydrogens is 184 g/mol. The summed E-state index contributed by atoms with van der Waals surface area (Å²) in [6.45, 7) is 8.54. The van der Waals surface area contributed by atoms with Crippen molar-refractivity contribution in [1.82, 2.24) is 0 Å². The van der Waals surface area contributed by atoms with Gasteiger partial charge in [0.1, 0.15) is 0 Å². The highest BCUT2D eigenvalue weighted by Gasteiger charge is 2.16. The third-order valence-corrected chi connectivity index (χ3v) is 2.66. The van der Waals surface area contributed by atoms with Crippen LogP contribution in [0, 0.1) is 0 Å². The highest BCUT2D eigenvalue weighted by Crippen LogP contribution is 2.26. The van der Waals surface area contributed by atoms with Crippen molar-refractivity contribution in [3.05, 3.63) is 35.4 Å². The molecule has 1 heteroatoms. The lowest BCUT2D eigenvalue weighted by Gasteiger charge is -2.23. The molecule has 1 N–H and O–H groups in total. The average Bonchev–Trinajstić information content (AvgIpc) is 2.13. The van der Waals surface area contributed by atoms with E-state index in [0.717, 1.165) is 12.8 Å². The molecular formula is C14H22O. The lowest BCUT2D eigenvalue weighted by Crippen LogP contribution is -2.15. The zero-order chi connectivity index (χ0) is 11.5. The Morgan fingerprint density at radius 3 is 2.33 bits per heavy atom. The molecule has 0 amide bonds. The fraction of sp³-hybridized carbons (Fsp3) is 0.571. The summed E-state index contributed by atoms with van der Waals surface area (Å²) in [4.78, 5) is 0. The van der Waals surface area contributed by atoms with Crippen LogP contribution >= 0.6 is 0 Å². The smallest absolute Gasteiger partial charge is 0.0515 e. The minimum atomic E-state index is -0.210. The maximum absolute atomic E-state index is 9.31. The molecule has 84 valence electrons. The van der Waals surface area contributed by atoms with Crippen molar-refractivity contribution in [2.45, 2.75) is 52.1 Å². The fourth-order valence-electron chi connectivity index (χ4n) is 1.83. The van der Waals surface area contributed by atoms with E-state index in [1.165, 1.54) is 11.1 Å². The van der Waals surface area contributed by atoms with Crippen molar-refractivity contribution in [2.24, 2.45) is 0 Å². The van der Waals surface area contributed by atoms with Gasteiger partial charge in [0.15, 0.2) is 0 Å². The van der Waals surface area contributed by atoms with E-state index < -0.39 is 0 Å². The second-order valence-electron chi connectivity index (χ2n) is 5.29. The van der Waals surface area contributed by atoms with Gasteiger partial charge in [0.2, 0.25) is 0 Å². The van der Waals surface area contributed by atoms with E-state index in [-0.39, 0.29) is 11.5 Å². The van der Waals surface area contributed by atoms with Gasteiger partial charge in [-0.25, -0.2) is 0 Å². The molecule has 0 saturated carbocycles. The molecule has 1 nitrogen and oxygen atoms in total. The monoisotopic (exact) mass is 206 g/mol. The Morgan fingerprint density at radius 2 is 1.80 bits per heavy atom. The van der Waals surface area contributed by atoms with E-state index in [1.807, 2.05) is 6.92 Å². The molecule has 0 aliphatic carbocycles. The van der Waals surface area contributed by atoms with E-state index in [9.17, 15) is 5.11 Å². The van der Waals surface area contributed by atoms with E-state index in [0.29, 0.717) is 0 Å². The van der Waals surface area contributed by atoms with Crippen LogP contribution in [-0.2, 0) is 11.8 Å². The first-order valence-corrected chi connectivity index (χ1v) is 5.67. The van der Waals surface area contributed by atoms with Gasteiger partial charge in [0.25, 0.3) is 0 Å². The number of aliphatic hydroxyl groups excluding tert-OH is 1. The summed E-state index contributed by atoms with van der Waals surface area (Å²) >= 11 is 0. The molecule has 0 spiro atoms. The molecule has 15 heavy (non-hydrogen) atoms. The predicted octanol–water partition coefficient (Wildman–Crippen LogP) is 3.30. The molecule has 0 saturated heterocycles.